The zero-order chi connectivity index (χ0) is 41.3. The van der Waals surface area contributed by atoms with E-state index >= 15 is 0 Å². The fourth-order valence-electron chi connectivity index (χ4n) is 4.36. The molecule has 0 unspecified atom stereocenters. The van der Waals surface area contributed by atoms with E-state index < -0.39 is 46.8 Å². The smallest absolute Gasteiger partial charge is 0.425 e. The predicted molar refractivity (Wildman–Crippen MR) is 212 cm³/mol. The zero-order valence-corrected chi connectivity index (χ0v) is 34.9. The molecule has 13 nitrogen and oxygen atoms in total. The summed E-state index contributed by atoms with van der Waals surface area (Å²) in [5.41, 5.74) is -0.314. The molecule has 2 aromatic rings. The lowest BCUT2D eigenvalue weighted by Crippen LogP contribution is -2.44. The SMILES string of the molecule is C.CC[C@@H](C)c1nc(N(C(=O)OC(C)(C)C)C(=O)OC(C)(C)C)ccc1C.CC[C@H](C)c1nc(N(C(=O)OC(C)(C)C)C(=O)OC(C)(C)C)ccc1C#N. The Morgan fingerprint density at radius 1 is 0.611 bits per heavy atom. The van der Waals surface area contributed by atoms with E-state index in [2.05, 4.69) is 29.9 Å². The number of carbonyl (C=O) groups is 4. The van der Waals surface area contributed by atoms with Crippen LogP contribution in [0, 0.1) is 18.3 Å². The first-order chi connectivity index (χ1) is 24.0. The number of nitrogens with zero attached hydrogens (tertiary/aromatic N) is 5. The fourth-order valence-corrected chi connectivity index (χ4v) is 4.36. The van der Waals surface area contributed by atoms with Crippen molar-refractivity contribution in [3.05, 3.63) is 46.8 Å². The Morgan fingerprint density at radius 3 is 1.20 bits per heavy atom. The molecule has 0 radical (unpaired) electrons. The van der Waals surface area contributed by atoms with Crippen molar-refractivity contribution in [2.45, 2.75) is 172 Å². The highest BCUT2D eigenvalue weighted by Crippen LogP contribution is 2.28. The molecule has 0 aliphatic heterocycles. The molecule has 2 atom stereocenters. The van der Waals surface area contributed by atoms with Gasteiger partial charge in [-0.1, -0.05) is 41.2 Å². The molecule has 13 heteroatoms. The lowest BCUT2D eigenvalue weighted by molar-refractivity contribution is 0.0406. The van der Waals surface area contributed by atoms with Gasteiger partial charge < -0.3 is 18.9 Å². The van der Waals surface area contributed by atoms with E-state index in [0.717, 1.165) is 33.9 Å². The number of anilines is 2. The second kappa shape index (κ2) is 19.6. The van der Waals surface area contributed by atoms with E-state index in [-0.39, 0.29) is 30.9 Å². The third-order valence-corrected chi connectivity index (χ3v) is 7.07. The normalized spacial score (nSPS) is 12.7. The summed E-state index contributed by atoms with van der Waals surface area (Å²) in [5.74, 6) is 0.454. The van der Waals surface area contributed by atoms with Gasteiger partial charge in [-0.2, -0.15) is 15.1 Å². The van der Waals surface area contributed by atoms with Crippen molar-refractivity contribution in [1.29, 1.82) is 5.26 Å². The number of imide groups is 2. The van der Waals surface area contributed by atoms with Crippen LogP contribution in [0.4, 0.5) is 30.8 Å². The van der Waals surface area contributed by atoms with Crippen LogP contribution in [-0.2, 0) is 18.9 Å². The summed E-state index contributed by atoms with van der Waals surface area (Å²) in [7, 11) is 0. The maximum atomic E-state index is 12.7. The van der Waals surface area contributed by atoms with Crippen LogP contribution in [0.25, 0.3) is 0 Å². The van der Waals surface area contributed by atoms with E-state index in [1.807, 2.05) is 26.8 Å². The second-order valence-corrected chi connectivity index (χ2v) is 16.8. The number of carbonyl (C=O) groups excluding carboxylic acids is 4. The Morgan fingerprint density at radius 2 is 0.907 bits per heavy atom. The number of nitriles is 1. The molecule has 2 heterocycles. The summed E-state index contributed by atoms with van der Waals surface area (Å²) in [4.78, 5) is 61.4. The molecular weight excluding hydrogens is 690 g/mol. The second-order valence-electron chi connectivity index (χ2n) is 16.8. The summed E-state index contributed by atoms with van der Waals surface area (Å²) >= 11 is 0. The molecule has 0 N–H and O–H groups in total. The van der Waals surface area contributed by atoms with Crippen molar-refractivity contribution in [2.24, 2.45) is 0 Å². The first kappa shape index (κ1) is 49.3. The number of ether oxygens (including phenoxy) is 4. The summed E-state index contributed by atoms with van der Waals surface area (Å²) in [6.45, 7) is 30.7. The molecule has 0 saturated heterocycles. The minimum absolute atomic E-state index is 0. The van der Waals surface area contributed by atoms with Gasteiger partial charge in [0.1, 0.15) is 40.1 Å². The van der Waals surface area contributed by atoms with Crippen LogP contribution in [-0.4, -0.2) is 56.7 Å². The molecule has 0 aliphatic carbocycles. The summed E-state index contributed by atoms with van der Waals surface area (Å²) in [6, 6.07) is 8.58. The van der Waals surface area contributed by atoms with E-state index in [1.54, 1.807) is 95.2 Å². The number of aryl methyl sites for hydroxylation is 1. The van der Waals surface area contributed by atoms with Crippen molar-refractivity contribution >= 4 is 36.0 Å². The van der Waals surface area contributed by atoms with Crippen LogP contribution in [0.15, 0.2) is 24.3 Å². The molecule has 4 amide bonds. The number of amides is 4. The van der Waals surface area contributed by atoms with Gasteiger partial charge in [0.15, 0.2) is 0 Å². The van der Waals surface area contributed by atoms with Gasteiger partial charge in [-0.05, 0) is 138 Å². The van der Waals surface area contributed by atoms with Crippen LogP contribution in [0.1, 0.15) is 165 Å². The van der Waals surface area contributed by atoms with Gasteiger partial charge in [0, 0.05) is 5.69 Å². The van der Waals surface area contributed by atoms with Crippen LogP contribution >= 0.6 is 0 Å². The Bertz CT molecular complexity index is 1580. The number of aromatic nitrogens is 2. The maximum Gasteiger partial charge on any atom is 0.425 e. The molecule has 0 saturated carbocycles. The predicted octanol–water partition coefficient (Wildman–Crippen LogP) is 11.4. The van der Waals surface area contributed by atoms with Crippen LogP contribution in [0.3, 0.4) is 0 Å². The molecule has 2 aromatic heterocycles. The number of pyridine rings is 2. The Labute approximate surface area is 323 Å². The highest BCUT2D eigenvalue weighted by Gasteiger charge is 2.35. The number of hydrogen-bond acceptors (Lipinski definition) is 11. The molecule has 0 fully saturated rings. The third kappa shape index (κ3) is 16.1. The molecule has 0 bridgehead atoms. The van der Waals surface area contributed by atoms with Crippen molar-refractivity contribution in [1.82, 2.24) is 9.97 Å². The minimum Gasteiger partial charge on any atom is -0.443 e. The van der Waals surface area contributed by atoms with Gasteiger partial charge in [-0.15, -0.1) is 0 Å². The van der Waals surface area contributed by atoms with Crippen molar-refractivity contribution in [3.8, 4) is 6.07 Å². The highest BCUT2D eigenvalue weighted by atomic mass is 16.6. The average molecular weight is 756 g/mol. The monoisotopic (exact) mass is 755 g/mol. The van der Waals surface area contributed by atoms with Crippen LogP contribution in [0.5, 0.6) is 0 Å². The van der Waals surface area contributed by atoms with Crippen molar-refractivity contribution in [3.63, 3.8) is 0 Å². The molecule has 2 rings (SSSR count). The first-order valence-corrected chi connectivity index (χ1v) is 17.9. The Kier molecular flexibility index (Phi) is 17.8. The van der Waals surface area contributed by atoms with E-state index in [1.165, 1.54) is 6.07 Å². The lowest BCUT2D eigenvalue weighted by Gasteiger charge is -2.28. The Balaban J connectivity index is 0.00000102. The maximum absolute atomic E-state index is 12.7. The van der Waals surface area contributed by atoms with Gasteiger partial charge in [0.25, 0.3) is 0 Å². The quantitative estimate of drug-likeness (QED) is 0.258. The molecule has 54 heavy (non-hydrogen) atoms. The average Bonchev–Trinajstić information content (AvgIpc) is 2.98. The van der Waals surface area contributed by atoms with Gasteiger partial charge >= 0.3 is 24.4 Å². The molecular formula is C41H65N5O8. The first-order valence-electron chi connectivity index (χ1n) is 17.9. The highest BCUT2D eigenvalue weighted by molar-refractivity contribution is 6.09. The van der Waals surface area contributed by atoms with Gasteiger partial charge in [-0.25, -0.2) is 29.1 Å². The summed E-state index contributed by atoms with van der Waals surface area (Å²) < 4.78 is 21.5. The minimum atomic E-state index is -0.885. The zero-order valence-electron chi connectivity index (χ0n) is 34.9. The molecule has 0 aliphatic rings. The van der Waals surface area contributed by atoms with Crippen molar-refractivity contribution < 1.29 is 38.1 Å². The van der Waals surface area contributed by atoms with Crippen molar-refractivity contribution in [2.75, 3.05) is 9.80 Å². The van der Waals surface area contributed by atoms with Gasteiger partial charge in [-0.3, -0.25) is 0 Å². The third-order valence-electron chi connectivity index (χ3n) is 7.07. The van der Waals surface area contributed by atoms with Gasteiger partial charge in [0.2, 0.25) is 0 Å². The summed E-state index contributed by atoms with van der Waals surface area (Å²) in [6.07, 6.45) is -1.73. The van der Waals surface area contributed by atoms with Crippen LogP contribution in [0.2, 0.25) is 0 Å². The lowest BCUT2D eigenvalue weighted by atomic mass is 10.00. The van der Waals surface area contributed by atoms with E-state index in [0.29, 0.717) is 11.3 Å². The number of rotatable bonds is 6. The van der Waals surface area contributed by atoms with E-state index in [4.69, 9.17) is 18.9 Å². The molecule has 0 spiro atoms. The van der Waals surface area contributed by atoms with Crippen LogP contribution < -0.4 is 9.80 Å². The number of hydrogen-bond donors (Lipinski definition) is 0. The Hall–Kier alpha value is -4.73. The fraction of sp³-hybridized carbons (Fsp3) is 0.634. The van der Waals surface area contributed by atoms with E-state index in [9.17, 15) is 24.4 Å². The topological polar surface area (TPSA) is 161 Å². The summed E-state index contributed by atoms with van der Waals surface area (Å²) in [5, 5.41) is 9.33. The molecule has 0 aromatic carbocycles. The molecule has 302 valence electrons. The van der Waals surface area contributed by atoms with Gasteiger partial charge in [0.05, 0.1) is 11.3 Å². The largest absolute Gasteiger partial charge is 0.443 e. The standard InChI is InChI=1S/C20H29N3O4.C20H32N2O4.CH4/c1-9-13(2)16-14(12-21)10-11-15(22-16)23(17(24)26-19(3,4)5)18(25)27-20(6,7)8;1-10-13(2)16-14(3)11-12-15(21-16)22(17(23)25-19(4,5)6)18(24)26-20(7,8)9;/h10-11,13H,9H2,1-8H3;11-13H,10H2,1-9H3;1H4/t2*13-;/m01./s1.